The van der Waals surface area contributed by atoms with Gasteiger partial charge in [0.1, 0.15) is 5.54 Å². The van der Waals surface area contributed by atoms with E-state index in [-0.39, 0.29) is 0 Å². The number of aliphatic carboxylic acids is 1. The molecule has 0 saturated heterocycles. The van der Waals surface area contributed by atoms with E-state index in [0.29, 0.717) is 11.7 Å². The molecule has 78 valence electrons. The molecule has 0 saturated carbocycles. The van der Waals surface area contributed by atoms with Crippen LogP contribution in [0.5, 0.6) is 0 Å². The van der Waals surface area contributed by atoms with Crippen LogP contribution in [0.1, 0.15) is 27.2 Å². The number of carbonyl (C=O) groups is 1. The summed E-state index contributed by atoms with van der Waals surface area (Å²) in [5.41, 5.74) is -0.776. The molecule has 0 aliphatic carbocycles. The molecule has 0 heterocycles. The molecule has 0 rings (SSSR count). The van der Waals surface area contributed by atoms with Crippen LogP contribution in [0.2, 0.25) is 0 Å². The van der Waals surface area contributed by atoms with Gasteiger partial charge in [-0.15, -0.1) is 0 Å². The van der Waals surface area contributed by atoms with Crippen molar-refractivity contribution in [2.75, 3.05) is 12.8 Å². The van der Waals surface area contributed by atoms with Gasteiger partial charge in [-0.1, -0.05) is 13.8 Å². The maximum atomic E-state index is 10.9. The molecule has 0 fully saturated rings. The van der Waals surface area contributed by atoms with E-state index in [0.717, 1.165) is 5.75 Å². The molecule has 0 spiro atoms. The topological polar surface area (TPSA) is 49.3 Å². The minimum Gasteiger partial charge on any atom is -0.480 e. The summed E-state index contributed by atoms with van der Waals surface area (Å²) < 4.78 is 0. The van der Waals surface area contributed by atoms with Gasteiger partial charge in [-0.3, -0.25) is 4.79 Å². The van der Waals surface area contributed by atoms with Crippen molar-refractivity contribution < 1.29 is 9.90 Å². The summed E-state index contributed by atoms with van der Waals surface area (Å²) in [5.74, 6) is 0.0979. The number of carboxylic acids is 1. The Balaban J connectivity index is 3.92. The highest BCUT2D eigenvalue weighted by Gasteiger charge is 2.30. The monoisotopic (exact) mass is 205 g/mol. The van der Waals surface area contributed by atoms with Gasteiger partial charge < -0.3 is 10.4 Å². The Morgan fingerprint density at radius 1 is 1.62 bits per heavy atom. The van der Waals surface area contributed by atoms with Gasteiger partial charge in [-0.2, -0.15) is 11.8 Å². The first-order chi connectivity index (χ1) is 5.92. The van der Waals surface area contributed by atoms with Gasteiger partial charge in [0.15, 0.2) is 0 Å². The fourth-order valence-corrected chi connectivity index (χ4v) is 1.84. The summed E-state index contributed by atoms with van der Waals surface area (Å²) in [6.45, 7) is 5.94. The first-order valence-corrected chi connectivity index (χ1v) is 5.51. The van der Waals surface area contributed by atoms with E-state index in [1.807, 2.05) is 0 Å². The lowest BCUT2D eigenvalue weighted by Crippen LogP contribution is -2.47. The third-order valence-corrected chi connectivity index (χ3v) is 3.18. The lowest BCUT2D eigenvalue weighted by Gasteiger charge is -2.24. The Morgan fingerprint density at radius 3 is 2.46 bits per heavy atom. The molecule has 13 heavy (non-hydrogen) atoms. The van der Waals surface area contributed by atoms with Gasteiger partial charge in [0, 0.05) is 0 Å². The molecule has 0 aromatic carbocycles. The SMILES string of the molecule is CNC(C)(CCSC(C)C)C(=O)O. The number of thioether (sulfide) groups is 1. The van der Waals surface area contributed by atoms with Crippen LogP contribution in [-0.4, -0.2) is 34.7 Å². The fraction of sp³-hybridized carbons (Fsp3) is 0.889. The number of rotatable bonds is 6. The molecule has 0 aromatic rings. The molecule has 0 aliphatic heterocycles. The second-order valence-corrected chi connectivity index (χ2v) is 5.24. The Labute approximate surface area is 84.3 Å². The standard InChI is InChI=1S/C9H19NO2S/c1-7(2)13-6-5-9(3,10-4)8(11)12/h7,10H,5-6H2,1-4H3,(H,11,12). The molecule has 0 aromatic heterocycles. The molecule has 4 heteroatoms. The van der Waals surface area contributed by atoms with Crippen LogP contribution in [0.25, 0.3) is 0 Å². The maximum absolute atomic E-state index is 10.9. The predicted octanol–water partition coefficient (Wildman–Crippen LogP) is 1.58. The second kappa shape index (κ2) is 5.50. The molecule has 3 nitrogen and oxygen atoms in total. The van der Waals surface area contributed by atoms with Gasteiger partial charge in [-0.05, 0) is 31.4 Å². The van der Waals surface area contributed by atoms with Crippen molar-refractivity contribution in [2.24, 2.45) is 0 Å². The van der Waals surface area contributed by atoms with E-state index in [1.165, 1.54) is 0 Å². The zero-order chi connectivity index (χ0) is 10.5. The van der Waals surface area contributed by atoms with Crippen molar-refractivity contribution in [1.82, 2.24) is 5.32 Å². The first kappa shape index (κ1) is 12.8. The molecule has 0 radical (unpaired) electrons. The van der Waals surface area contributed by atoms with E-state index in [2.05, 4.69) is 19.2 Å². The molecule has 0 amide bonds. The molecule has 2 N–H and O–H groups in total. The van der Waals surface area contributed by atoms with Crippen LogP contribution in [-0.2, 0) is 4.79 Å². The van der Waals surface area contributed by atoms with Crippen molar-refractivity contribution in [3.05, 3.63) is 0 Å². The number of carboxylic acid groups (broad SMARTS) is 1. The van der Waals surface area contributed by atoms with Crippen LogP contribution in [0, 0.1) is 0 Å². The lowest BCUT2D eigenvalue weighted by atomic mass is 10.00. The molecule has 0 aliphatic rings. The van der Waals surface area contributed by atoms with Gasteiger partial charge in [-0.25, -0.2) is 0 Å². The van der Waals surface area contributed by atoms with Crippen molar-refractivity contribution in [3.63, 3.8) is 0 Å². The molecular formula is C9H19NO2S. The van der Waals surface area contributed by atoms with E-state index < -0.39 is 11.5 Å². The minimum atomic E-state index is -0.778. The third-order valence-electron chi connectivity index (χ3n) is 2.08. The quantitative estimate of drug-likeness (QED) is 0.691. The highest BCUT2D eigenvalue weighted by molar-refractivity contribution is 7.99. The Bertz CT molecular complexity index is 173. The first-order valence-electron chi connectivity index (χ1n) is 4.46. The second-order valence-electron chi connectivity index (χ2n) is 3.56. The molecular weight excluding hydrogens is 186 g/mol. The highest BCUT2D eigenvalue weighted by Crippen LogP contribution is 2.17. The normalized spacial score (nSPS) is 15.8. The Hall–Kier alpha value is -0.220. The Kier molecular flexibility index (Phi) is 5.40. The van der Waals surface area contributed by atoms with Gasteiger partial charge in [0.2, 0.25) is 0 Å². The molecule has 1 unspecified atom stereocenters. The number of hydrogen-bond acceptors (Lipinski definition) is 3. The number of likely N-dealkylation sites (N-methyl/N-ethyl adjacent to an activating group) is 1. The number of nitrogens with one attached hydrogen (secondary N) is 1. The fourth-order valence-electron chi connectivity index (χ4n) is 0.838. The van der Waals surface area contributed by atoms with Gasteiger partial charge >= 0.3 is 5.97 Å². The van der Waals surface area contributed by atoms with Crippen LogP contribution in [0.15, 0.2) is 0 Å². The summed E-state index contributed by atoms with van der Waals surface area (Å²) in [4.78, 5) is 10.9. The summed E-state index contributed by atoms with van der Waals surface area (Å²) in [6.07, 6.45) is 0.654. The predicted molar refractivity (Wildman–Crippen MR) is 57.3 cm³/mol. The van der Waals surface area contributed by atoms with Crippen LogP contribution in [0.3, 0.4) is 0 Å². The highest BCUT2D eigenvalue weighted by atomic mass is 32.2. The van der Waals surface area contributed by atoms with E-state index in [9.17, 15) is 4.79 Å². The van der Waals surface area contributed by atoms with Crippen LogP contribution >= 0.6 is 11.8 Å². The van der Waals surface area contributed by atoms with E-state index >= 15 is 0 Å². The van der Waals surface area contributed by atoms with E-state index in [1.54, 1.807) is 25.7 Å². The van der Waals surface area contributed by atoms with Gasteiger partial charge in [0.25, 0.3) is 0 Å². The summed E-state index contributed by atoms with van der Waals surface area (Å²) >= 11 is 1.79. The third kappa shape index (κ3) is 4.52. The van der Waals surface area contributed by atoms with E-state index in [4.69, 9.17) is 5.11 Å². The summed E-state index contributed by atoms with van der Waals surface area (Å²) in [7, 11) is 1.69. The van der Waals surface area contributed by atoms with Crippen molar-refractivity contribution >= 4 is 17.7 Å². The van der Waals surface area contributed by atoms with Crippen molar-refractivity contribution in [1.29, 1.82) is 0 Å². The number of hydrogen-bond donors (Lipinski definition) is 2. The largest absolute Gasteiger partial charge is 0.480 e. The summed E-state index contributed by atoms with van der Waals surface area (Å²) in [5, 5.41) is 12.3. The Morgan fingerprint density at radius 2 is 2.15 bits per heavy atom. The zero-order valence-electron chi connectivity index (χ0n) is 8.76. The van der Waals surface area contributed by atoms with Crippen molar-refractivity contribution in [2.45, 2.75) is 38.0 Å². The van der Waals surface area contributed by atoms with Gasteiger partial charge in [0.05, 0.1) is 0 Å². The zero-order valence-corrected chi connectivity index (χ0v) is 9.57. The lowest BCUT2D eigenvalue weighted by molar-refractivity contribution is -0.144. The van der Waals surface area contributed by atoms with Crippen LogP contribution < -0.4 is 5.32 Å². The van der Waals surface area contributed by atoms with Crippen LogP contribution in [0.4, 0.5) is 0 Å². The average Bonchev–Trinajstić information content (AvgIpc) is 2.03. The molecule has 0 bridgehead atoms. The smallest absolute Gasteiger partial charge is 0.323 e. The minimum absolute atomic E-state index is 0.565. The summed E-state index contributed by atoms with van der Waals surface area (Å²) in [6, 6.07) is 0. The average molecular weight is 205 g/mol. The van der Waals surface area contributed by atoms with Crippen molar-refractivity contribution in [3.8, 4) is 0 Å². The molecule has 1 atom stereocenters. The maximum Gasteiger partial charge on any atom is 0.323 e.